The second-order valence-electron chi connectivity index (χ2n) is 11.0. The van der Waals surface area contributed by atoms with Crippen LogP contribution < -0.4 is 10.6 Å². The maximum atomic E-state index is 13.2. The van der Waals surface area contributed by atoms with Crippen molar-refractivity contribution >= 4 is 17.5 Å². The molecule has 0 unspecified atom stereocenters. The summed E-state index contributed by atoms with van der Waals surface area (Å²) in [6, 6.07) is 8.03. The minimum atomic E-state index is -0.258. The van der Waals surface area contributed by atoms with Crippen molar-refractivity contribution in [3.05, 3.63) is 65.4 Å². The first kappa shape index (κ1) is 27.4. The number of methoxy groups -OCH3 is 1. The summed E-state index contributed by atoms with van der Waals surface area (Å²) >= 11 is 0. The van der Waals surface area contributed by atoms with Gasteiger partial charge in [-0.15, -0.1) is 5.10 Å². The number of amides is 1. The molecule has 40 heavy (non-hydrogen) atoms. The van der Waals surface area contributed by atoms with Gasteiger partial charge in [-0.1, -0.05) is 17.3 Å². The molecule has 1 aromatic carbocycles. The van der Waals surface area contributed by atoms with Crippen LogP contribution >= 0.6 is 0 Å². The van der Waals surface area contributed by atoms with E-state index in [4.69, 9.17) is 9.72 Å². The van der Waals surface area contributed by atoms with Crippen LogP contribution in [0.1, 0.15) is 60.5 Å². The van der Waals surface area contributed by atoms with E-state index in [9.17, 15) is 4.79 Å². The van der Waals surface area contributed by atoms with E-state index in [1.165, 1.54) is 0 Å². The molecule has 12 heteroatoms. The van der Waals surface area contributed by atoms with Crippen molar-refractivity contribution in [3.63, 3.8) is 0 Å². The van der Waals surface area contributed by atoms with Crippen LogP contribution in [0, 0.1) is 6.92 Å². The van der Waals surface area contributed by atoms with Gasteiger partial charge in [0.05, 0.1) is 41.5 Å². The van der Waals surface area contributed by atoms with Crippen LogP contribution in [0.5, 0.6) is 0 Å². The summed E-state index contributed by atoms with van der Waals surface area (Å²) < 4.78 is 7.06. The lowest BCUT2D eigenvalue weighted by molar-refractivity contribution is 0.0925. The average molecular weight is 545 g/mol. The fourth-order valence-electron chi connectivity index (χ4n) is 4.70. The zero-order chi connectivity index (χ0) is 28.3. The Hall–Kier alpha value is -4.16. The topological polar surface area (TPSA) is 139 Å². The van der Waals surface area contributed by atoms with E-state index in [0.29, 0.717) is 18.2 Å². The van der Waals surface area contributed by atoms with Crippen LogP contribution in [0.3, 0.4) is 0 Å². The molecule has 0 fully saturated rings. The van der Waals surface area contributed by atoms with E-state index in [-0.39, 0.29) is 17.5 Å². The fraction of sp³-hybridized carbons (Fsp3) is 0.429. The van der Waals surface area contributed by atoms with Gasteiger partial charge in [0, 0.05) is 44.7 Å². The first-order chi connectivity index (χ1) is 19.2. The van der Waals surface area contributed by atoms with Gasteiger partial charge in [-0.2, -0.15) is 5.10 Å². The smallest absolute Gasteiger partial charge is 0.273 e. The van der Waals surface area contributed by atoms with Crippen LogP contribution in [-0.4, -0.2) is 72.8 Å². The van der Waals surface area contributed by atoms with Gasteiger partial charge in [0.2, 0.25) is 5.95 Å². The summed E-state index contributed by atoms with van der Waals surface area (Å²) in [4.78, 5) is 24.7. The van der Waals surface area contributed by atoms with Crippen LogP contribution in [0.2, 0.25) is 0 Å². The van der Waals surface area contributed by atoms with E-state index < -0.39 is 0 Å². The number of rotatable bonds is 8. The number of nitrogens with one attached hydrogen (secondary N) is 3. The highest BCUT2D eigenvalue weighted by atomic mass is 16.5. The molecule has 12 nitrogen and oxygen atoms in total. The molecule has 4 aromatic rings. The van der Waals surface area contributed by atoms with Gasteiger partial charge in [-0.25, -0.2) is 14.6 Å². The Morgan fingerprint density at radius 3 is 2.83 bits per heavy atom. The molecule has 0 aliphatic carbocycles. The van der Waals surface area contributed by atoms with Crippen molar-refractivity contribution in [3.8, 4) is 11.3 Å². The highest BCUT2D eigenvalue weighted by Gasteiger charge is 2.26. The van der Waals surface area contributed by atoms with Crippen molar-refractivity contribution < 1.29 is 9.53 Å². The highest BCUT2D eigenvalue weighted by molar-refractivity contribution is 5.92. The molecule has 0 saturated carbocycles. The SMILES string of the molecule is COCCN1CC[C@H](NC(=O)c2cn(C(C)(C)C)nn2)c2ccc(-c3ccnc(Nc4c[nH]nc4C)n3)cc2C1. The molecule has 4 heterocycles. The maximum absolute atomic E-state index is 13.2. The molecule has 1 atom stereocenters. The Morgan fingerprint density at radius 2 is 2.10 bits per heavy atom. The quantitative estimate of drug-likeness (QED) is 0.304. The lowest BCUT2D eigenvalue weighted by Crippen LogP contribution is -2.31. The number of hydrogen-bond acceptors (Lipinski definition) is 9. The summed E-state index contributed by atoms with van der Waals surface area (Å²) in [5.41, 5.74) is 5.70. The third-order valence-electron chi connectivity index (χ3n) is 7.01. The zero-order valence-corrected chi connectivity index (χ0v) is 23.6. The summed E-state index contributed by atoms with van der Waals surface area (Å²) in [7, 11) is 1.71. The van der Waals surface area contributed by atoms with Gasteiger partial charge in [-0.3, -0.25) is 14.8 Å². The summed E-state index contributed by atoms with van der Waals surface area (Å²) in [6.07, 6.45) is 5.98. The number of carbonyl (C=O) groups is 1. The number of fused-ring (bicyclic) bond motifs is 1. The zero-order valence-electron chi connectivity index (χ0n) is 23.6. The van der Waals surface area contributed by atoms with Crippen molar-refractivity contribution in [2.75, 3.05) is 32.1 Å². The van der Waals surface area contributed by atoms with Crippen LogP contribution in [0.15, 0.2) is 42.9 Å². The molecule has 0 spiro atoms. The molecule has 0 radical (unpaired) electrons. The summed E-state index contributed by atoms with van der Waals surface area (Å²) in [5.74, 6) is 0.258. The number of benzene rings is 1. The first-order valence-corrected chi connectivity index (χ1v) is 13.4. The maximum Gasteiger partial charge on any atom is 0.273 e. The Kier molecular flexibility index (Phi) is 7.90. The minimum absolute atomic E-state index is 0.171. The van der Waals surface area contributed by atoms with Crippen molar-refractivity contribution in [1.82, 2.24) is 45.4 Å². The van der Waals surface area contributed by atoms with E-state index in [0.717, 1.165) is 59.8 Å². The molecule has 3 aromatic heterocycles. The highest BCUT2D eigenvalue weighted by Crippen LogP contribution is 2.31. The Balaban J connectivity index is 1.42. The normalized spacial score (nSPS) is 15.9. The second-order valence-corrected chi connectivity index (χ2v) is 11.0. The molecular weight excluding hydrogens is 508 g/mol. The molecule has 1 amide bonds. The third kappa shape index (κ3) is 6.18. The van der Waals surface area contributed by atoms with Gasteiger partial charge in [0.15, 0.2) is 5.69 Å². The molecular formula is C28H36N10O2. The lowest BCUT2D eigenvalue weighted by Gasteiger charge is -2.20. The van der Waals surface area contributed by atoms with E-state index in [1.54, 1.807) is 30.4 Å². The molecule has 3 N–H and O–H groups in total. The number of aromatic nitrogens is 7. The standard InChI is InChI=1S/C28H36N10O2/c1-18-24(15-30-34-18)33-27-29-10-8-22(32-27)19-6-7-21-20(14-19)16-37(12-13-40-5)11-9-23(21)31-26(39)25-17-38(36-35-25)28(2,3)4/h6-8,10,14-15,17,23H,9,11-13,16H2,1-5H3,(H,30,34)(H,31,39)(H,29,32,33)/t23-/m0/s1. The molecule has 1 aliphatic rings. The van der Waals surface area contributed by atoms with Crippen molar-refractivity contribution in [1.29, 1.82) is 0 Å². The first-order valence-electron chi connectivity index (χ1n) is 13.4. The largest absolute Gasteiger partial charge is 0.383 e. The van der Waals surface area contributed by atoms with Crippen molar-refractivity contribution in [2.45, 2.75) is 52.2 Å². The number of anilines is 2. The monoisotopic (exact) mass is 544 g/mol. The van der Waals surface area contributed by atoms with Gasteiger partial charge >= 0.3 is 0 Å². The number of H-pyrrole nitrogens is 1. The molecule has 0 bridgehead atoms. The van der Waals surface area contributed by atoms with E-state index >= 15 is 0 Å². The molecule has 1 aliphatic heterocycles. The van der Waals surface area contributed by atoms with Crippen LogP contribution in [-0.2, 0) is 16.8 Å². The number of aromatic amines is 1. The predicted octanol–water partition coefficient (Wildman–Crippen LogP) is 3.59. The van der Waals surface area contributed by atoms with Gasteiger partial charge in [0.25, 0.3) is 5.91 Å². The summed E-state index contributed by atoms with van der Waals surface area (Å²) in [5, 5.41) is 21.7. The Morgan fingerprint density at radius 1 is 1.25 bits per heavy atom. The number of aryl methyl sites for hydroxylation is 1. The Labute approximate surface area is 233 Å². The van der Waals surface area contributed by atoms with Gasteiger partial charge in [0.1, 0.15) is 0 Å². The molecule has 5 rings (SSSR count). The average Bonchev–Trinajstić information content (AvgIpc) is 3.55. The van der Waals surface area contributed by atoms with Gasteiger partial charge < -0.3 is 15.4 Å². The third-order valence-corrected chi connectivity index (χ3v) is 7.01. The van der Waals surface area contributed by atoms with E-state index in [2.05, 4.69) is 53.2 Å². The van der Waals surface area contributed by atoms with Crippen LogP contribution in [0.25, 0.3) is 11.3 Å². The second kappa shape index (κ2) is 11.5. The summed E-state index contributed by atoms with van der Waals surface area (Å²) in [6.45, 7) is 11.0. The van der Waals surface area contributed by atoms with Crippen molar-refractivity contribution in [2.24, 2.45) is 0 Å². The number of carbonyl (C=O) groups excluding carboxylic acids is 1. The fourth-order valence-corrected chi connectivity index (χ4v) is 4.70. The number of ether oxygens (including phenoxy) is 1. The van der Waals surface area contributed by atoms with E-state index in [1.807, 2.05) is 39.8 Å². The Bertz CT molecular complexity index is 1470. The van der Waals surface area contributed by atoms with Crippen LogP contribution in [0.4, 0.5) is 11.6 Å². The molecule has 210 valence electrons. The number of hydrogen-bond donors (Lipinski definition) is 3. The lowest BCUT2D eigenvalue weighted by atomic mass is 9.96. The van der Waals surface area contributed by atoms with Gasteiger partial charge in [-0.05, 0) is 57.4 Å². The molecule has 0 saturated heterocycles. The number of nitrogens with zero attached hydrogens (tertiary/aromatic N) is 7. The predicted molar refractivity (Wildman–Crippen MR) is 151 cm³/mol. The minimum Gasteiger partial charge on any atom is -0.383 e.